The van der Waals surface area contributed by atoms with Gasteiger partial charge in [0.1, 0.15) is 10.0 Å². The van der Waals surface area contributed by atoms with Crippen molar-refractivity contribution in [2.24, 2.45) is 0 Å². The number of thiazole rings is 1. The van der Waals surface area contributed by atoms with Gasteiger partial charge in [-0.25, -0.2) is 4.98 Å². The van der Waals surface area contributed by atoms with Crippen LogP contribution >= 0.6 is 35.1 Å². The minimum absolute atomic E-state index is 0. The van der Waals surface area contributed by atoms with E-state index in [2.05, 4.69) is 65.7 Å². The van der Waals surface area contributed by atoms with Gasteiger partial charge in [-0.1, -0.05) is 48.5 Å². The van der Waals surface area contributed by atoms with Gasteiger partial charge < -0.3 is 5.32 Å². The number of carbonyl (C=O) groups excluding carboxylic acids is 1. The first-order valence-corrected chi connectivity index (χ1v) is 13.8. The fourth-order valence-corrected chi connectivity index (χ4v) is 7.18. The van der Waals surface area contributed by atoms with Gasteiger partial charge in [0, 0.05) is 35.6 Å². The quantitative estimate of drug-likeness (QED) is 0.244. The summed E-state index contributed by atoms with van der Waals surface area (Å²) in [5.74, 6) is -0.0693. The van der Waals surface area contributed by atoms with Crippen LogP contribution in [-0.2, 0) is 19.5 Å². The lowest BCUT2D eigenvalue weighted by Crippen LogP contribution is -2.29. The number of nitrogens with zero attached hydrogens (tertiary/aromatic N) is 2. The first-order valence-electron chi connectivity index (χ1n) is 12.2. The maximum Gasteiger partial charge on any atom is 0.256 e. The molecule has 4 nitrogen and oxygen atoms in total. The van der Waals surface area contributed by atoms with Crippen LogP contribution in [0.2, 0.25) is 0 Å². The summed E-state index contributed by atoms with van der Waals surface area (Å²) in [7, 11) is 0. The van der Waals surface area contributed by atoms with Crippen LogP contribution in [-0.4, -0.2) is 22.3 Å². The van der Waals surface area contributed by atoms with E-state index < -0.39 is 0 Å². The minimum atomic E-state index is -0.0693. The Kier molecular flexibility index (Phi) is 7.45. The highest BCUT2D eigenvalue weighted by Crippen LogP contribution is 2.46. The molecule has 2 aromatic heterocycles. The maximum absolute atomic E-state index is 13.3. The van der Waals surface area contributed by atoms with Crippen LogP contribution < -0.4 is 5.32 Å². The number of para-hydroxylation sites is 1. The number of amides is 1. The highest BCUT2D eigenvalue weighted by atomic mass is 35.5. The Morgan fingerprint density at radius 2 is 1.76 bits per heavy atom. The van der Waals surface area contributed by atoms with Gasteiger partial charge in [-0.05, 0) is 66.8 Å². The van der Waals surface area contributed by atoms with Crippen molar-refractivity contribution in [3.05, 3.63) is 105 Å². The number of rotatable bonds is 5. The number of benzene rings is 3. The Morgan fingerprint density at radius 3 is 2.54 bits per heavy atom. The number of halogens is 1. The van der Waals surface area contributed by atoms with E-state index >= 15 is 0 Å². The van der Waals surface area contributed by atoms with Gasteiger partial charge in [-0.3, -0.25) is 9.69 Å². The molecule has 0 aliphatic carbocycles. The molecule has 1 N–H and O–H groups in total. The van der Waals surface area contributed by atoms with Gasteiger partial charge in [-0.15, -0.1) is 35.1 Å². The summed E-state index contributed by atoms with van der Waals surface area (Å²) in [6.45, 7) is 6.91. The zero-order chi connectivity index (χ0) is 24.6. The molecule has 0 saturated carbocycles. The number of fused-ring (bicyclic) bond motifs is 2. The van der Waals surface area contributed by atoms with E-state index in [9.17, 15) is 4.79 Å². The number of hydrogen-bond acceptors (Lipinski definition) is 5. The lowest BCUT2D eigenvalue weighted by Gasteiger charge is -2.27. The smallest absolute Gasteiger partial charge is 0.256 e. The Balaban J connectivity index is 0.00000280. The van der Waals surface area contributed by atoms with Crippen LogP contribution in [0, 0.1) is 13.8 Å². The van der Waals surface area contributed by atoms with Crippen molar-refractivity contribution >= 4 is 56.2 Å². The van der Waals surface area contributed by atoms with Gasteiger partial charge in [0.05, 0.1) is 10.2 Å². The van der Waals surface area contributed by atoms with Gasteiger partial charge in [0.15, 0.2) is 0 Å². The van der Waals surface area contributed by atoms with E-state index in [-0.39, 0.29) is 18.3 Å². The summed E-state index contributed by atoms with van der Waals surface area (Å²) in [6, 6.07) is 24.8. The monoisotopic (exact) mass is 545 g/mol. The predicted molar refractivity (Wildman–Crippen MR) is 158 cm³/mol. The topological polar surface area (TPSA) is 45.2 Å². The van der Waals surface area contributed by atoms with E-state index in [1.807, 2.05) is 31.2 Å². The van der Waals surface area contributed by atoms with Crippen LogP contribution in [0.15, 0.2) is 72.8 Å². The fourth-order valence-electron chi connectivity index (χ4n) is 4.78. The van der Waals surface area contributed by atoms with Crippen molar-refractivity contribution in [2.45, 2.75) is 33.4 Å². The van der Waals surface area contributed by atoms with Crippen molar-refractivity contribution in [2.75, 3.05) is 11.9 Å². The molecule has 3 aromatic carbocycles. The summed E-state index contributed by atoms with van der Waals surface area (Å²) in [6.07, 6.45) is 0.948. The van der Waals surface area contributed by atoms with Crippen molar-refractivity contribution in [3.63, 3.8) is 0 Å². The number of thiophene rings is 1. The second-order valence-electron chi connectivity index (χ2n) is 9.39. The van der Waals surface area contributed by atoms with E-state index in [1.54, 1.807) is 22.7 Å². The lowest BCUT2D eigenvalue weighted by molar-refractivity contribution is 0.102. The van der Waals surface area contributed by atoms with Crippen LogP contribution in [0.1, 0.15) is 37.5 Å². The van der Waals surface area contributed by atoms with Gasteiger partial charge >= 0.3 is 0 Å². The first-order chi connectivity index (χ1) is 17.5. The van der Waals surface area contributed by atoms with E-state index in [0.29, 0.717) is 5.56 Å². The van der Waals surface area contributed by atoms with Crippen LogP contribution in [0.5, 0.6) is 0 Å². The number of hydrogen-bond donors (Lipinski definition) is 1. The third-order valence-electron chi connectivity index (χ3n) is 6.89. The molecule has 0 spiro atoms. The van der Waals surface area contributed by atoms with Crippen molar-refractivity contribution in [3.8, 4) is 10.6 Å². The second kappa shape index (κ2) is 10.8. The summed E-state index contributed by atoms with van der Waals surface area (Å²) in [5.41, 5.74) is 7.76. The lowest BCUT2D eigenvalue weighted by atomic mass is 10.0. The largest absolute Gasteiger partial charge is 0.313 e. The first kappa shape index (κ1) is 25.6. The van der Waals surface area contributed by atoms with Gasteiger partial charge in [0.2, 0.25) is 0 Å². The molecule has 0 unspecified atom stereocenters. The molecular formula is C30H28ClN3OS2. The standard InChI is InChI=1S/C30H27N3OS2.ClH/c1-19-12-13-22(16-20(19)2)28(34)32-30-27(29-31-24-10-6-7-11-25(24)35-29)23-14-15-33(18-26(23)36-30)17-21-8-4-3-5-9-21;/h3-13,16H,14-15,17-18H2,1-2H3,(H,32,34);1H. The third-order valence-corrected chi connectivity index (χ3v) is 9.07. The van der Waals surface area contributed by atoms with Crippen LogP contribution in [0.3, 0.4) is 0 Å². The number of aryl methyl sites for hydroxylation is 2. The van der Waals surface area contributed by atoms with Crippen molar-refractivity contribution in [1.82, 2.24) is 9.88 Å². The molecule has 7 heteroatoms. The Labute approximate surface area is 231 Å². The molecule has 0 atom stereocenters. The Morgan fingerprint density at radius 1 is 0.973 bits per heavy atom. The molecule has 1 amide bonds. The SMILES string of the molecule is Cc1ccc(C(=O)Nc2sc3c(c2-c2nc4ccccc4s2)CCN(Cc2ccccc2)C3)cc1C.Cl. The molecule has 5 aromatic rings. The highest BCUT2D eigenvalue weighted by Gasteiger charge is 2.28. The number of carbonyl (C=O) groups is 1. The Hall–Kier alpha value is -3.03. The number of nitrogens with one attached hydrogen (secondary N) is 1. The maximum atomic E-state index is 13.3. The molecule has 0 radical (unpaired) electrons. The van der Waals surface area contributed by atoms with E-state index in [4.69, 9.17) is 4.98 Å². The normalized spacial score (nSPS) is 13.2. The van der Waals surface area contributed by atoms with Gasteiger partial charge in [0.25, 0.3) is 5.91 Å². The molecule has 1 aliphatic rings. The van der Waals surface area contributed by atoms with Crippen LogP contribution in [0.4, 0.5) is 5.00 Å². The molecule has 0 saturated heterocycles. The average Bonchev–Trinajstić information content (AvgIpc) is 3.46. The summed E-state index contributed by atoms with van der Waals surface area (Å²) < 4.78 is 1.17. The summed E-state index contributed by atoms with van der Waals surface area (Å²) in [4.78, 5) is 22.1. The second-order valence-corrected chi connectivity index (χ2v) is 11.5. The predicted octanol–water partition coefficient (Wildman–Crippen LogP) is 7.87. The number of anilines is 1. The zero-order valence-corrected chi connectivity index (χ0v) is 23.2. The zero-order valence-electron chi connectivity index (χ0n) is 20.8. The molecule has 37 heavy (non-hydrogen) atoms. The molecule has 0 bridgehead atoms. The average molecular weight is 546 g/mol. The molecule has 188 valence electrons. The molecule has 1 aliphatic heterocycles. The van der Waals surface area contributed by atoms with Crippen LogP contribution in [0.25, 0.3) is 20.8 Å². The fraction of sp³-hybridized carbons (Fsp3) is 0.200. The number of aromatic nitrogens is 1. The summed E-state index contributed by atoms with van der Waals surface area (Å²) >= 11 is 3.41. The molecule has 3 heterocycles. The summed E-state index contributed by atoms with van der Waals surface area (Å²) in [5, 5.41) is 5.16. The molecular weight excluding hydrogens is 518 g/mol. The van der Waals surface area contributed by atoms with Gasteiger partial charge in [-0.2, -0.15) is 0 Å². The minimum Gasteiger partial charge on any atom is -0.313 e. The molecule has 6 rings (SSSR count). The molecule has 0 fully saturated rings. The Bertz CT molecular complexity index is 1540. The van der Waals surface area contributed by atoms with Crippen molar-refractivity contribution in [1.29, 1.82) is 0 Å². The van der Waals surface area contributed by atoms with Crippen molar-refractivity contribution < 1.29 is 4.79 Å². The van der Waals surface area contributed by atoms with E-state index in [0.717, 1.165) is 52.7 Å². The third kappa shape index (κ3) is 5.20. The van der Waals surface area contributed by atoms with E-state index in [1.165, 1.54) is 26.3 Å². The highest BCUT2D eigenvalue weighted by molar-refractivity contribution is 7.23.